The fraction of sp³-hybridized carbons (Fsp3) is 0.222. The van der Waals surface area contributed by atoms with Gasteiger partial charge in [0.25, 0.3) is 0 Å². The van der Waals surface area contributed by atoms with Crippen LogP contribution in [0.15, 0.2) is 72.3 Å². The first-order chi connectivity index (χ1) is 9.25. The molecule has 3 rings (SSSR count). The summed E-state index contributed by atoms with van der Waals surface area (Å²) < 4.78 is 5.36. The van der Waals surface area contributed by atoms with Gasteiger partial charge in [0, 0.05) is 0 Å². The Kier molecular flexibility index (Phi) is 3.53. The van der Waals surface area contributed by atoms with Gasteiger partial charge in [0.2, 0.25) is 0 Å². The molecular formula is C18H20Sn. The molecule has 0 saturated carbocycles. The summed E-state index contributed by atoms with van der Waals surface area (Å²) >= 11 is -2.55. The van der Waals surface area contributed by atoms with E-state index >= 15 is 0 Å². The quantitative estimate of drug-likeness (QED) is 0.571. The predicted octanol–water partition coefficient (Wildman–Crippen LogP) is 3.60. The Bertz CT molecular complexity index is 544. The van der Waals surface area contributed by atoms with Gasteiger partial charge >= 0.3 is 120 Å². The van der Waals surface area contributed by atoms with Gasteiger partial charge in [-0.3, -0.25) is 0 Å². The molecule has 0 bridgehead atoms. The van der Waals surface area contributed by atoms with E-state index in [0.717, 1.165) is 3.93 Å². The molecule has 1 unspecified atom stereocenters. The van der Waals surface area contributed by atoms with Gasteiger partial charge in [-0.15, -0.1) is 0 Å². The van der Waals surface area contributed by atoms with E-state index in [1.807, 2.05) is 0 Å². The summed E-state index contributed by atoms with van der Waals surface area (Å²) in [6.45, 7) is 4.77. The Morgan fingerprint density at radius 1 is 0.842 bits per heavy atom. The Morgan fingerprint density at radius 3 is 1.68 bits per heavy atom. The van der Waals surface area contributed by atoms with Crippen molar-refractivity contribution in [2.75, 3.05) is 0 Å². The van der Waals surface area contributed by atoms with E-state index < -0.39 is 18.4 Å². The molecule has 1 atom stereocenters. The first-order valence-electron chi connectivity index (χ1n) is 7.03. The van der Waals surface area contributed by atoms with Gasteiger partial charge in [0.1, 0.15) is 0 Å². The SMILES string of the molecule is CC1=C[CH2][Sn]([c]2ccccc2)([c]2ccccc2)[CH]1C. The van der Waals surface area contributed by atoms with Crippen LogP contribution < -0.4 is 7.16 Å². The summed E-state index contributed by atoms with van der Waals surface area (Å²) in [5.41, 5.74) is 1.60. The average molecular weight is 355 g/mol. The van der Waals surface area contributed by atoms with E-state index in [1.54, 1.807) is 12.7 Å². The number of rotatable bonds is 2. The minimum atomic E-state index is -2.55. The van der Waals surface area contributed by atoms with Crippen LogP contribution in [0.5, 0.6) is 0 Å². The van der Waals surface area contributed by atoms with Crippen LogP contribution in [0, 0.1) is 0 Å². The summed E-state index contributed by atoms with van der Waals surface area (Å²) in [7, 11) is 0. The number of benzene rings is 2. The molecule has 19 heavy (non-hydrogen) atoms. The van der Waals surface area contributed by atoms with Crippen molar-refractivity contribution in [3.63, 3.8) is 0 Å². The zero-order valence-corrected chi connectivity index (χ0v) is 14.5. The van der Waals surface area contributed by atoms with E-state index in [2.05, 4.69) is 80.6 Å². The zero-order valence-electron chi connectivity index (χ0n) is 11.6. The summed E-state index contributed by atoms with van der Waals surface area (Å²) in [4.78, 5) is 0. The monoisotopic (exact) mass is 356 g/mol. The third-order valence-electron chi connectivity index (χ3n) is 4.75. The molecular weight excluding hydrogens is 335 g/mol. The van der Waals surface area contributed by atoms with Crippen molar-refractivity contribution >= 4 is 25.5 Å². The minimum absolute atomic E-state index is 0.763. The fourth-order valence-corrected chi connectivity index (χ4v) is 18.5. The molecule has 0 amide bonds. The zero-order chi connectivity index (χ0) is 13.3. The molecule has 0 saturated heterocycles. The van der Waals surface area contributed by atoms with Crippen LogP contribution in [-0.2, 0) is 0 Å². The molecule has 96 valence electrons. The predicted molar refractivity (Wildman–Crippen MR) is 85.9 cm³/mol. The van der Waals surface area contributed by atoms with Crippen molar-refractivity contribution in [2.24, 2.45) is 0 Å². The van der Waals surface area contributed by atoms with Crippen molar-refractivity contribution < 1.29 is 0 Å². The Balaban J connectivity index is 2.19. The Morgan fingerprint density at radius 2 is 1.32 bits per heavy atom. The summed E-state index contributed by atoms with van der Waals surface area (Å²) in [5, 5.41) is 0. The molecule has 1 aliphatic rings. The number of allylic oxidation sites excluding steroid dienone is 2. The molecule has 1 heterocycles. The summed E-state index contributed by atoms with van der Waals surface area (Å²) in [6, 6.07) is 22.6. The third-order valence-corrected chi connectivity index (χ3v) is 20.5. The van der Waals surface area contributed by atoms with Gasteiger partial charge in [-0.2, -0.15) is 0 Å². The maximum atomic E-state index is 2.50. The molecule has 0 radical (unpaired) electrons. The van der Waals surface area contributed by atoms with Gasteiger partial charge in [-0.25, -0.2) is 0 Å². The van der Waals surface area contributed by atoms with Crippen LogP contribution in [0.3, 0.4) is 0 Å². The molecule has 0 aliphatic carbocycles. The van der Waals surface area contributed by atoms with Gasteiger partial charge in [-0.1, -0.05) is 0 Å². The van der Waals surface area contributed by atoms with Crippen molar-refractivity contribution in [1.82, 2.24) is 0 Å². The van der Waals surface area contributed by atoms with E-state index in [4.69, 9.17) is 0 Å². The standard InChI is InChI=1S/2C6H5.C6H10.Sn/c2*1-2-4-6-5-3-1;1-4-6(3)5-2;/h2*1-5H;4-5H,1H2,2-3H3;. The second-order valence-corrected chi connectivity index (χ2v) is 18.1. The van der Waals surface area contributed by atoms with E-state index in [0.29, 0.717) is 0 Å². The van der Waals surface area contributed by atoms with Crippen LogP contribution >= 0.6 is 0 Å². The molecule has 2 aromatic carbocycles. The molecule has 0 fully saturated rings. The van der Waals surface area contributed by atoms with E-state index in [9.17, 15) is 0 Å². The van der Waals surface area contributed by atoms with Crippen molar-refractivity contribution in [3.05, 3.63) is 72.3 Å². The molecule has 1 heteroatoms. The van der Waals surface area contributed by atoms with Crippen LogP contribution in [0.2, 0.25) is 8.37 Å². The van der Waals surface area contributed by atoms with Crippen LogP contribution in [-0.4, -0.2) is 18.4 Å². The molecule has 0 nitrogen and oxygen atoms in total. The molecule has 2 aromatic rings. The van der Waals surface area contributed by atoms with Gasteiger partial charge in [-0.05, 0) is 0 Å². The Labute approximate surface area is 120 Å². The first kappa shape index (κ1) is 13.0. The van der Waals surface area contributed by atoms with Crippen LogP contribution in [0.25, 0.3) is 0 Å². The Hall–Kier alpha value is -1.02. The van der Waals surface area contributed by atoms with Crippen molar-refractivity contribution in [1.29, 1.82) is 0 Å². The summed E-state index contributed by atoms with van der Waals surface area (Å²) in [6.07, 6.45) is 2.50. The second kappa shape index (κ2) is 5.16. The number of hydrogen-bond acceptors (Lipinski definition) is 0. The molecule has 1 aliphatic heterocycles. The number of hydrogen-bond donors (Lipinski definition) is 0. The topological polar surface area (TPSA) is 0 Å². The summed E-state index contributed by atoms with van der Waals surface area (Å²) in [5.74, 6) is 0. The van der Waals surface area contributed by atoms with Gasteiger partial charge in [0.15, 0.2) is 0 Å². The van der Waals surface area contributed by atoms with E-state index in [1.165, 1.54) is 4.44 Å². The molecule has 0 spiro atoms. The normalized spacial score (nSPS) is 21.2. The van der Waals surface area contributed by atoms with Crippen molar-refractivity contribution in [3.8, 4) is 0 Å². The second-order valence-electron chi connectivity index (χ2n) is 5.58. The van der Waals surface area contributed by atoms with E-state index in [-0.39, 0.29) is 0 Å². The maximum absolute atomic E-state index is 2.55. The van der Waals surface area contributed by atoms with Crippen LogP contribution in [0.1, 0.15) is 13.8 Å². The van der Waals surface area contributed by atoms with Gasteiger partial charge < -0.3 is 0 Å². The first-order valence-corrected chi connectivity index (χ1v) is 13.5. The fourth-order valence-electron chi connectivity index (χ4n) is 3.44. The molecule has 0 N–H and O–H groups in total. The van der Waals surface area contributed by atoms with Crippen molar-refractivity contribution in [2.45, 2.75) is 22.2 Å². The third kappa shape index (κ3) is 2.06. The average Bonchev–Trinajstić information content (AvgIpc) is 2.78. The van der Waals surface area contributed by atoms with Crippen LogP contribution in [0.4, 0.5) is 0 Å². The molecule has 0 aromatic heterocycles. The van der Waals surface area contributed by atoms with Gasteiger partial charge in [0.05, 0.1) is 0 Å².